The fraction of sp³-hybridized carbons (Fsp3) is 0.467. The molecule has 2 N–H and O–H groups in total. The first-order chi connectivity index (χ1) is 10.9. The third-order valence-electron chi connectivity index (χ3n) is 3.42. The molecule has 0 bridgehead atoms. The van der Waals surface area contributed by atoms with Crippen LogP contribution in [0, 0.1) is 5.92 Å². The predicted molar refractivity (Wildman–Crippen MR) is 87.7 cm³/mol. The van der Waals surface area contributed by atoms with Gasteiger partial charge in [0.25, 0.3) is 0 Å². The summed E-state index contributed by atoms with van der Waals surface area (Å²) in [7, 11) is 1.56. The van der Waals surface area contributed by atoms with Crippen molar-refractivity contribution in [2.24, 2.45) is 5.92 Å². The van der Waals surface area contributed by atoms with E-state index >= 15 is 0 Å². The van der Waals surface area contributed by atoms with E-state index in [-0.39, 0.29) is 12.6 Å². The van der Waals surface area contributed by atoms with E-state index < -0.39 is 11.9 Å². The van der Waals surface area contributed by atoms with Gasteiger partial charge in [0.05, 0.1) is 11.6 Å². The summed E-state index contributed by atoms with van der Waals surface area (Å²) in [5.74, 6) is -0.322. The fourth-order valence-electron chi connectivity index (χ4n) is 2.12. The zero-order valence-corrected chi connectivity index (χ0v) is 14.1. The van der Waals surface area contributed by atoms with Gasteiger partial charge in [-0.3, -0.25) is 4.79 Å². The zero-order valence-electron chi connectivity index (χ0n) is 13.3. The van der Waals surface area contributed by atoms with Gasteiger partial charge in [-0.05, 0) is 12.3 Å². The van der Waals surface area contributed by atoms with Crippen LogP contribution in [0.25, 0.3) is 0 Å². The number of hydrogen-bond acceptors (Lipinski definition) is 5. The molecule has 8 heteroatoms. The molecule has 1 aliphatic rings. The number of amides is 2. The van der Waals surface area contributed by atoms with Crippen LogP contribution >= 0.6 is 11.8 Å². The first kappa shape index (κ1) is 17.3. The lowest BCUT2D eigenvalue weighted by molar-refractivity contribution is -0.141. The number of carbonyl (C=O) groups excluding carboxylic acids is 1. The Morgan fingerprint density at radius 1 is 1.35 bits per heavy atom. The van der Waals surface area contributed by atoms with Gasteiger partial charge in [-0.2, -0.15) is 0 Å². The third kappa shape index (κ3) is 4.22. The molecule has 23 heavy (non-hydrogen) atoms. The molecule has 0 spiro atoms. The summed E-state index contributed by atoms with van der Waals surface area (Å²) in [5.41, 5.74) is 0.613. The molecule has 0 saturated carbocycles. The van der Waals surface area contributed by atoms with Crippen molar-refractivity contribution in [3.63, 3.8) is 0 Å². The van der Waals surface area contributed by atoms with Crippen molar-refractivity contribution in [3.8, 4) is 11.5 Å². The molecule has 0 fully saturated rings. The van der Waals surface area contributed by atoms with Crippen LogP contribution in [0.1, 0.15) is 6.92 Å². The number of rotatable bonds is 5. The average molecular weight is 340 g/mol. The summed E-state index contributed by atoms with van der Waals surface area (Å²) in [6, 6.07) is 3.19. The van der Waals surface area contributed by atoms with Gasteiger partial charge in [-0.25, -0.2) is 4.79 Å². The maximum atomic E-state index is 12.2. The van der Waals surface area contributed by atoms with Crippen molar-refractivity contribution in [2.45, 2.75) is 11.8 Å². The number of carboxylic acids is 1. The Morgan fingerprint density at radius 3 is 2.52 bits per heavy atom. The Bertz CT molecular complexity index is 608. The predicted octanol–water partition coefficient (Wildman–Crippen LogP) is 2.36. The number of urea groups is 1. The smallest absolute Gasteiger partial charge is 0.321 e. The number of thioether (sulfide) groups is 1. The number of carboxylic acid groups (broad SMARTS) is 1. The number of fused-ring (bicyclic) bond motifs is 1. The van der Waals surface area contributed by atoms with Crippen LogP contribution in [0.2, 0.25) is 0 Å². The molecule has 2 rings (SSSR count). The first-order valence-electron chi connectivity index (χ1n) is 7.15. The molecule has 0 saturated heterocycles. The summed E-state index contributed by atoms with van der Waals surface area (Å²) >= 11 is 1.48. The Kier molecular flexibility index (Phi) is 5.59. The van der Waals surface area contributed by atoms with Gasteiger partial charge in [0.2, 0.25) is 0 Å². The lowest BCUT2D eigenvalue weighted by atomic mass is 10.2. The molecular weight excluding hydrogens is 320 g/mol. The van der Waals surface area contributed by atoms with E-state index in [1.807, 2.05) is 12.3 Å². The number of benzene rings is 1. The van der Waals surface area contributed by atoms with Gasteiger partial charge in [0.1, 0.15) is 13.2 Å². The molecule has 1 aliphatic heterocycles. The minimum atomic E-state index is -0.936. The van der Waals surface area contributed by atoms with Crippen molar-refractivity contribution >= 4 is 29.4 Å². The van der Waals surface area contributed by atoms with Crippen LogP contribution in [-0.4, -0.2) is 55.1 Å². The minimum Gasteiger partial charge on any atom is -0.486 e. The quantitative estimate of drug-likeness (QED) is 0.800. The fourth-order valence-corrected chi connectivity index (χ4v) is 2.67. The van der Waals surface area contributed by atoms with E-state index in [1.54, 1.807) is 20.0 Å². The van der Waals surface area contributed by atoms with Crippen molar-refractivity contribution in [1.82, 2.24) is 4.90 Å². The van der Waals surface area contributed by atoms with Gasteiger partial charge < -0.3 is 24.8 Å². The van der Waals surface area contributed by atoms with Crippen molar-refractivity contribution in [3.05, 3.63) is 12.1 Å². The molecular formula is C15H20N2O5S. The number of nitrogens with zero attached hydrogens (tertiary/aromatic N) is 1. The van der Waals surface area contributed by atoms with E-state index in [0.717, 1.165) is 4.90 Å². The molecule has 2 amide bonds. The molecule has 0 aliphatic carbocycles. The molecule has 1 unspecified atom stereocenters. The topological polar surface area (TPSA) is 88.1 Å². The van der Waals surface area contributed by atoms with Gasteiger partial charge in [0.15, 0.2) is 11.5 Å². The van der Waals surface area contributed by atoms with E-state index in [2.05, 4.69) is 5.32 Å². The molecule has 126 valence electrons. The lowest BCUT2D eigenvalue weighted by Crippen LogP contribution is -2.36. The standard InChI is InChI=1S/C15H20N2O5S/c1-9(14(18)19)8-17(2)15(20)16-10-6-11-12(7-13(10)23-3)22-5-4-21-11/h6-7,9H,4-5,8H2,1-3H3,(H,16,20)(H,18,19). The van der Waals surface area contributed by atoms with Crippen LogP contribution in [0.4, 0.5) is 10.5 Å². The summed E-state index contributed by atoms with van der Waals surface area (Å²) in [4.78, 5) is 25.3. The van der Waals surface area contributed by atoms with Crippen LogP contribution in [0.5, 0.6) is 11.5 Å². The number of nitrogens with one attached hydrogen (secondary N) is 1. The normalized spacial score (nSPS) is 14.0. The van der Waals surface area contributed by atoms with Crippen molar-refractivity contribution < 1.29 is 24.2 Å². The van der Waals surface area contributed by atoms with Crippen LogP contribution in [0.15, 0.2) is 17.0 Å². The highest BCUT2D eigenvalue weighted by atomic mass is 32.2. The van der Waals surface area contributed by atoms with Crippen molar-refractivity contribution in [1.29, 1.82) is 0 Å². The average Bonchev–Trinajstić information content (AvgIpc) is 2.53. The van der Waals surface area contributed by atoms with Gasteiger partial charge in [0, 0.05) is 24.6 Å². The minimum absolute atomic E-state index is 0.125. The summed E-state index contributed by atoms with van der Waals surface area (Å²) in [5, 5.41) is 11.7. The second-order valence-electron chi connectivity index (χ2n) is 5.25. The van der Waals surface area contributed by atoms with Gasteiger partial charge in [-0.15, -0.1) is 11.8 Å². The highest BCUT2D eigenvalue weighted by Gasteiger charge is 2.20. The second-order valence-corrected chi connectivity index (χ2v) is 6.09. The molecule has 1 atom stereocenters. The van der Waals surface area contributed by atoms with Crippen LogP contribution < -0.4 is 14.8 Å². The largest absolute Gasteiger partial charge is 0.486 e. The number of ether oxygens (including phenoxy) is 2. The summed E-state index contributed by atoms with van der Waals surface area (Å²) in [6.07, 6.45) is 1.90. The Hall–Kier alpha value is -2.09. The summed E-state index contributed by atoms with van der Waals surface area (Å²) < 4.78 is 11.1. The van der Waals surface area contributed by atoms with Crippen LogP contribution in [0.3, 0.4) is 0 Å². The van der Waals surface area contributed by atoms with Crippen molar-refractivity contribution in [2.75, 3.05) is 38.4 Å². The molecule has 7 nitrogen and oxygen atoms in total. The Morgan fingerprint density at radius 2 is 1.96 bits per heavy atom. The monoisotopic (exact) mass is 340 g/mol. The third-order valence-corrected chi connectivity index (χ3v) is 4.20. The van der Waals surface area contributed by atoms with Gasteiger partial charge in [-0.1, -0.05) is 6.92 Å². The molecule has 0 radical (unpaired) electrons. The summed E-state index contributed by atoms with van der Waals surface area (Å²) in [6.45, 7) is 2.65. The lowest BCUT2D eigenvalue weighted by Gasteiger charge is -2.23. The van der Waals surface area contributed by atoms with E-state index in [0.29, 0.717) is 30.4 Å². The number of anilines is 1. The number of hydrogen-bond donors (Lipinski definition) is 2. The SMILES string of the molecule is CSc1cc2c(cc1NC(=O)N(C)CC(C)C(=O)O)OCCO2. The Balaban J connectivity index is 2.12. The highest BCUT2D eigenvalue weighted by molar-refractivity contribution is 7.98. The van der Waals surface area contributed by atoms with E-state index in [4.69, 9.17) is 14.6 Å². The highest BCUT2D eigenvalue weighted by Crippen LogP contribution is 2.39. The number of carbonyl (C=O) groups is 2. The first-order valence-corrected chi connectivity index (χ1v) is 8.37. The maximum Gasteiger partial charge on any atom is 0.321 e. The molecule has 1 aromatic carbocycles. The van der Waals surface area contributed by atoms with E-state index in [9.17, 15) is 9.59 Å². The van der Waals surface area contributed by atoms with Crippen LogP contribution in [-0.2, 0) is 4.79 Å². The number of aliphatic carboxylic acids is 1. The molecule has 1 aromatic rings. The maximum absolute atomic E-state index is 12.2. The van der Waals surface area contributed by atoms with Gasteiger partial charge >= 0.3 is 12.0 Å². The molecule has 0 aromatic heterocycles. The van der Waals surface area contributed by atoms with E-state index in [1.165, 1.54) is 16.7 Å². The Labute approximate surface area is 138 Å². The molecule has 1 heterocycles. The second kappa shape index (κ2) is 7.45. The zero-order chi connectivity index (χ0) is 17.0.